The van der Waals surface area contributed by atoms with E-state index in [-0.39, 0.29) is 12.0 Å². The predicted octanol–water partition coefficient (Wildman–Crippen LogP) is 0.00950. The molecule has 2 rings (SSSR count). The normalized spacial score (nSPS) is 17.4. The van der Waals surface area contributed by atoms with E-state index in [1.54, 1.807) is 11.8 Å². The van der Waals surface area contributed by atoms with Crippen LogP contribution in [0, 0.1) is 5.41 Å². The van der Waals surface area contributed by atoms with Crippen molar-refractivity contribution in [2.75, 3.05) is 13.7 Å². The third-order valence-electron chi connectivity index (χ3n) is 3.04. The molecular weight excluding hydrogens is 210 g/mol. The zero-order valence-corrected chi connectivity index (χ0v) is 9.22. The molecule has 1 fully saturated rings. The molecule has 0 amide bonds. The number of aliphatic hydroxyl groups excluding tert-OH is 1. The van der Waals surface area contributed by atoms with Crippen LogP contribution in [0.5, 0.6) is 0 Å². The second kappa shape index (κ2) is 4.31. The molecule has 88 valence electrons. The van der Waals surface area contributed by atoms with Gasteiger partial charge in [0, 0.05) is 12.5 Å². The van der Waals surface area contributed by atoms with Crippen molar-refractivity contribution in [1.29, 1.82) is 0 Å². The van der Waals surface area contributed by atoms with Crippen LogP contribution in [0.4, 0.5) is 0 Å². The summed E-state index contributed by atoms with van der Waals surface area (Å²) in [4.78, 5) is 10.7. The predicted molar refractivity (Wildman–Crippen MR) is 54.9 cm³/mol. The zero-order valence-electron chi connectivity index (χ0n) is 9.22. The summed E-state index contributed by atoms with van der Waals surface area (Å²) < 4.78 is 6.68. The van der Waals surface area contributed by atoms with Gasteiger partial charge in [0.05, 0.1) is 25.5 Å². The molecule has 0 spiro atoms. The van der Waals surface area contributed by atoms with Crippen molar-refractivity contribution >= 4 is 6.29 Å². The number of aldehydes is 1. The highest BCUT2D eigenvalue weighted by atomic mass is 16.5. The van der Waals surface area contributed by atoms with Crippen LogP contribution in [-0.2, 0) is 17.9 Å². The lowest BCUT2D eigenvalue weighted by atomic mass is 10.1. The summed E-state index contributed by atoms with van der Waals surface area (Å²) in [7, 11) is 1.56. The molecule has 0 unspecified atom stereocenters. The van der Waals surface area contributed by atoms with Crippen LogP contribution in [-0.4, -0.2) is 40.1 Å². The van der Waals surface area contributed by atoms with Gasteiger partial charge >= 0.3 is 0 Å². The first-order valence-corrected chi connectivity index (χ1v) is 5.22. The maximum atomic E-state index is 10.7. The number of aliphatic hydroxyl groups is 1. The van der Waals surface area contributed by atoms with Crippen LogP contribution in [0.1, 0.15) is 29.0 Å². The van der Waals surface area contributed by atoms with Crippen LogP contribution in [0.25, 0.3) is 0 Å². The van der Waals surface area contributed by atoms with Gasteiger partial charge in [-0.2, -0.15) is 0 Å². The number of aromatic nitrogens is 3. The van der Waals surface area contributed by atoms with Gasteiger partial charge in [-0.3, -0.25) is 4.79 Å². The monoisotopic (exact) mass is 225 g/mol. The third kappa shape index (κ3) is 1.98. The SMILES string of the molecule is COCc1c(C=O)nnn1CC1(CO)CC1. The molecule has 0 aromatic carbocycles. The zero-order chi connectivity index (χ0) is 11.6. The Balaban J connectivity index is 2.19. The Labute approximate surface area is 93.2 Å². The van der Waals surface area contributed by atoms with Crippen molar-refractivity contribution in [2.24, 2.45) is 5.41 Å². The number of methoxy groups -OCH3 is 1. The first-order valence-electron chi connectivity index (χ1n) is 5.22. The summed E-state index contributed by atoms with van der Waals surface area (Å²) in [5.41, 5.74) is 0.934. The van der Waals surface area contributed by atoms with E-state index in [4.69, 9.17) is 4.74 Å². The minimum absolute atomic E-state index is 0.0592. The number of carbonyl (C=O) groups excluding carboxylic acids is 1. The Morgan fingerprint density at radius 3 is 2.88 bits per heavy atom. The molecule has 1 aromatic heterocycles. The van der Waals surface area contributed by atoms with Gasteiger partial charge in [-0.1, -0.05) is 5.21 Å². The van der Waals surface area contributed by atoms with E-state index in [9.17, 15) is 9.90 Å². The fourth-order valence-electron chi connectivity index (χ4n) is 1.71. The van der Waals surface area contributed by atoms with Gasteiger partial charge in [0.1, 0.15) is 0 Å². The van der Waals surface area contributed by atoms with E-state index in [2.05, 4.69) is 10.3 Å². The molecule has 16 heavy (non-hydrogen) atoms. The number of rotatable bonds is 6. The number of nitrogens with zero attached hydrogens (tertiary/aromatic N) is 3. The molecular formula is C10H15N3O3. The van der Waals surface area contributed by atoms with Crippen LogP contribution < -0.4 is 0 Å². The molecule has 0 atom stereocenters. The van der Waals surface area contributed by atoms with Crippen LogP contribution in [0.15, 0.2) is 0 Å². The minimum Gasteiger partial charge on any atom is -0.396 e. The molecule has 1 heterocycles. The molecule has 6 nitrogen and oxygen atoms in total. The third-order valence-corrected chi connectivity index (χ3v) is 3.04. The van der Waals surface area contributed by atoms with Gasteiger partial charge < -0.3 is 9.84 Å². The molecule has 0 radical (unpaired) electrons. The van der Waals surface area contributed by atoms with Gasteiger partial charge in [0.25, 0.3) is 0 Å². The quantitative estimate of drug-likeness (QED) is 0.690. The maximum absolute atomic E-state index is 10.7. The topological polar surface area (TPSA) is 77.2 Å². The molecule has 1 aliphatic rings. The molecule has 1 N–H and O–H groups in total. The lowest BCUT2D eigenvalue weighted by Crippen LogP contribution is -2.19. The summed E-state index contributed by atoms with van der Waals surface area (Å²) in [5.74, 6) is 0. The number of ether oxygens (including phenoxy) is 1. The van der Waals surface area contributed by atoms with E-state index in [0.717, 1.165) is 12.8 Å². The Bertz CT molecular complexity index is 385. The average molecular weight is 225 g/mol. The Morgan fingerprint density at radius 1 is 1.62 bits per heavy atom. The Morgan fingerprint density at radius 2 is 2.38 bits per heavy atom. The minimum atomic E-state index is -0.0592. The highest BCUT2D eigenvalue weighted by molar-refractivity contribution is 5.73. The summed E-state index contributed by atoms with van der Waals surface area (Å²) in [6.45, 7) is 1.06. The van der Waals surface area contributed by atoms with E-state index >= 15 is 0 Å². The number of hydrogen-bond acceptors (Lipinski definition) is 5. The first kappa shape index (κ1) is 11.2. The van der Waals surface area contributed by atoms with Crippen molar-refractivity contribution in [1.82, 2.24) is 15.0 Å². The van der Waals surface area contributed by atoms with E-state index in [1.807, 2.05) is 0 Å². The summed E-state index contributed by atoms with van der Waals surface area (Å²) >= 11 is 0. The largest absolute Gasteiger partial charge is 0.396 e. The molecule has 1 saturated carbocycles. The van der Waals surface area contributed by atoms with Gasteiger partial charge in [0.15, 0.2) is 12.0 Å². The van der Waals surface area contributed by atoms with E-state index in [0.29, 0.717) is 30.8 Å². The van der Waals surface area contributed by atoms with Crippen LogP contribution in [0.3, 0.4) is 0 Å². The Kier molecular flexibility index (Phi) is 3.02. The standard InChI is InChI=1S/C10H15N3O3/c1-16-5-9-8(4-14)11-12-13(9)6-10(7-15)2-3-10/h4,15H,2-3,5-7H2,1H3. The van der Waals surface area contributed by atoms with Crippen molar-refractivity contribution in [2.45, 2.75) is 26.0 Å². The molecule has 0 bridgehead atoms. The molecule has 1 aliphatic carbocycles. The van der Waals surface area contributed by atoms with Crippen molar-refractivity contribution < 1.29 is 14.6 Å². The average Bonchev–Trinajstić information content (AvgIpc) is 2.98. The molecule has 0 aliphatic heterocycles. The smallest absolute Gasteiger partial charge is 0.172 e. The Hall–Kier alpha value is -1.27. The van der Waals surface area contributed by atoms with Crippen LogP contribution >= 0.6 is 0 Å². The van der Waals surface area contributed by atoms with Crippen LogP contribution in [0.2, 0.25) is 0 Å². The van der Waals surface area contributed by atoms with E-state index in [1.165, 1.54) is 0 Å². The van der Waals surface area contributed by atoms with Gasteiger partial charge in [-0.15, -0.1) is 5.10 Å². The number of hydrogen-bond donors (Lipinski definition) is 1. The van der Waals surface area contributed by atoms with Gasteiger partial charge in [-0.05, 0) is 12.8 Å². The highest BCUT2D eigenvalue weighted by Gasteiger charge is 2.43. The fraction of sp³-hybridized carbons (Fsp3) is 0.700. The number of carbonyl (C=O) groups is 1. The van der Waals surface area contributed by atoms with Crippen molar-refractivity contribution in [3.05, 3.63) is 11.4 Å². The second-order valence-corrected chi connectivity index (χ2v) is 4.29. The van der Waals surface area contributed by atoms with Crippen molar-refractivity contribution in [3.63, 3.8) is 0 Å². The fourth-order valence-corrected chi connectivity index (χ4v) is 1.71. The van der Waals surface area contributed by atoms with Crippen molar-refractivity contribution in [3.8, 4) is 0 Å². The maximum Gasteiger partial charge on any atom is 0.172 e. The lowest BCUT2D eigenvalue weighted by Gasteiger charge is -2.13. The van der Waals surface area contributed by atoms with E-state index < -0.39 is 0 Å². The highest BCUT2D eigenvalue weighted by Crippen LogP contribution is 2.46. The first-order chi connectivity index (χ1) is 7.74. The molecule has 6 heteroatoms. The second-order valence-electron chi connectivity index (χ2n) is 4.29. The molecule has 0 saturated heterocycles. The molecule has 1 aromatic rings. The summed E-state index contributed by atoms with van der Waals surface area (Å²) in [6, 6.07) is 0. The van der Waals surface area contributed by atoms with Gasteiger partial charge in [0.2, 0.25) is 0 Å². The lowest BCUT2D eigenvalue weighted by molar-refractivity contribution is 0.111. The van der Waals surface area contributed by atoms with Gasteiger partial charge in [-0.25, -0.2) is 4.68 Å². The summed E-state index contributed by atoms with van der Waals surface area (Å²) in [5, 5.41) is 16.9. The summed E-state index contributed by atoms with van der Waals surface area (Å²) in [6.07, 6.45) is 2.66.